The Bertz CT molecular complexity index is 468. The Hall–Kier alpha value is 0.310. The first kappa shape index (κ1) is 16.7. The van der Waals surface area contributed by atoms with Crippen molar-refractivity contribution in [2.45, 2.75) is 44.1 Å². The maximum atomic E-state index is 4.90. The molecule has 0 aliphatic carbocycles. The van der Waals surface area contributed by atoms with E-state index in [1.54, 1.807) is 0 Å². The van der Waals surface area contributed by atoms with Crippen molar-refractivity contribution in [2.75, 3.05) is 23.4 Å². The van der Waals surface area contributed by atoms with Gasteiger partial charge in [-0.15, -0.1) is 11.8 Å². The van der Waals surface area contributed by atoms with Gasteiger partial charge in [-0.25, -0.2) is 9.97 Å². The molecule has 112 valence electrons. The van der Waals surface area contributed by atoms with Gasteiger partial charge in [-0.1, -0.05) is 20.8 Å². The van der Waals surface area contributed by atoms with Gasteiger partial charge in [0, 0.05) is 23.3 Å². The molecule has 2 heterocycles. The second-order valence-corrected chi connectivity index (χ2v) is 9.00. The summed E-state index contributed by atoms with van der Waals surface area (Å²) in [5, 5.41) is 4.39. The minimum Gasteiger partial charge on any atom is -0.369 e. The van der Waals surface area contributed by atoms with Gasteiger partial charge in [-0.3, -0.25) is 0 Å². The van der Waals surface area contributed by atoms with Crippen molar-refractivity contribution in [3.8, 4) is 0 Å². The van der Waals surface area contributed by atoms with E-state index in [-0.39, 0.29) is 0 Å². The molecule has 1 fully saturated rings. The zero-order valence-corrected chi connectivity index (χ0v) is 16.2. The molecule has 2 unspecified atom stereocenters. The van der Waals surface area contributed by atoms with E-state index < -0.39 is 0 Å². The molecule has 0 amide bonds. The molecule has 1 N–H and O–H groups in total. The molecule has 0 spiro atoms. The van der Waals surface area contributed by atoms with Crippen molar-refractivity contribution in [3.63, 3.8) is 0 Å². The van der Waals surface area contributed by atoms with Gasteiger partial charge < -0.3 is 5.32 Å². The van der Waals surface area contributed by atoms with Gasteiger partial charge in [0.1, 0.15) is 11.6 Å². The summed E-state index contributed by atoms with van der Waals surface area (Å²) in [5.41, 5.74) is 1.18. The van der Waals surface area contributed by atoms with E-state index in [2.05, 4.69) is 55.6 Å². The monoisotopic (exact) mass is 423 g/mol. The van der Waals surface area contributed by atoms with Crippen molar-refractivity contribution < 1.29 is 0 Å². The normalized spacial score (nSPS) is 23.1. The smallest absolute Gasteiger partial charge is 0.145 e. The minimum atomic E-state index is 0.417. The summed E-state index contributed by atoms with van der Waals surface area (Å²) in [6.07, 6.45) is 0. The molecule has 0 saturated carbocycles. The Morgan fingerprint density at radius 2 is 2.00 bits per heavy atom. The van der Waals surface area contributed by atoms with E-state index in [9.17, 15) is 0 Å². The molecular formula is C14H22IN3S2. The molecule has 0 radical (unpaired) electrons. The summed E-state index contributed by atoms with van der Waals surface area (Å²) in [4.78, 5) is 9.71. The van der Waals surface area contributed by atoms with Crippen molar-refractivity contribution in [1.82, 2.24) is 9.97 Å². The quantitative estimate of drug-likeness (QED) is 0.720. The van der Waals surface area contributed by atoms with Crippen LogP contribution in [0, 0.1) is 3.57 Å². The van der Waals surface area contributed by atoms with Gasteiger partial charge in [-0.2, -0.15) is 11.8 Å². The molecule has 1 aromatic rings. The summed E-state index contributed by atoms with van der Waals surface area (Å²) in [5.74, 6) is 4.88. The molecule has 1 aliphatic rings. The zero-order chi connectivity index (χ0) is 14.7. The van der Waals surface area contributed by atoms with Crippen molar-refractivity contribution in [3.05, 3.63) is 15.1 Å². The molecule has 2 rings (SSSR count). The van der Waals surface area contributed by atoms with Gasteiger partial charge in [0.25, 0.3) is 0 Å². The van der Waals surface area contributed by atoms with E-state index in [4.69, 9.17) is 9.97 Å². The predicted octanol–water partition coefficient (Wildman–Crippen LogP) is 4.55. The number of anilines is 1. The van der Waals surface area contributed by atoms with Gasteiger partial charge in [0.15, 0.2) is 0 Å². The second-order valence-electron chi connectivity index (χ2n) is 5.18. The van der Waals surface area contributed by atoms with Crippen molar-refractivity contribution in [1.29, 1.82) is 0 Å². The first-order valence-corrected chi connectivity index (χ1v) is 10.3. The lowest BCUT2D eigenvalue weighted by Gasteiger charge is -2.27. The van der Waals surface area contributed by atoms with Crippen molar-refractivity contribution >= 4 is 51.9 Å². The van der Waals surface area contributed by atoms with Crippen LogP contribution < -0.4 is 5.32 Å². The highest BCUT2D eigenvalue weighted by Crippen LogP contribution is 2.42. The topological polar surface area (TPSA) is 37.8 Å². The van der Waals surface area contributed by atoms with Crippen LogP contribution >= 0.6 is 46.1 Å². The largest absolute Gasteiger partial charge is 0.369 e. The number of nitrogens with zero attached hydrogens (tertiary/aromatic N) is 2. The zero-order valence-electron chi connectivity index (χ0n) is 12.4. The summed E-state index contributed by atoms with van der Waals surface area (Å²) in [6.45, 7) is 9.71. The molecule has 1 saturated heterocycles. The van der Waals surface area contributed by atoms with Crippen LogP contribution in [0.25, 0.3) is 0 Å². The SMILES string of the molecule is CCNc1nc(C2SCCSC2C)nc(C(C)C)c1I. The van der Waals surface area contributed by atoms with Crippen LogP contribution in [-0.4, -0.2) is 33.3 Å². The number of halogens is 1. The van der Waals surface area contributed by atoms with E-state index in [0.29, 0.717) is 16.4 Å². The third kappa shape index (κ3) is 3.74. The fourth-order valence-corrected chi connectivity index (χ4v) is 5.94. The minimum absolute atomic E-state index is 0.417. The van der Waals surface area contributed by atoms with E-state index in [0.717, 1.165) is 18.2 Å². The number of thioether (sulfide) groups is 2. The average Bonchev–Trinajstić information content (AvgIpc) is 2.41. The van der Waals surface area contributed by atoms with E-state index >= 15 is 0 Å². The van der Waals surface area contributed by atoms with Crippen LogP contribution in [0.2, 0.25) is 0 Å². The lowest BCUT2D eigenvalue weighted by molar-refractivity contribution is 0.753. The molecule has 3 nitrogen and oxygen atoms in total. The lowest BCUT2D eigenvalue weighted by Crippen LogP contribution is -2.20. The second kappa shape index (κ2) is 7.54. The third-order valence-corrected chi connectivity index (χ3v) is 7.38. The Labute approximate surface area is 144 Å². The van der Waals surface area contributed by atoms with Crippen LogP contribution in [0.1, 0.15) is 50.4 Å². The highest BCUT2D eigenvalue weighted by Gasteiger charge is 2.28. The number of rotatable bonds is 4. The highest BCUT2D eigenvalue weighted by molar-refractivity contribution is 14.1. The summed E-state index contributed by atoms with van der Waals surface area (Å²) >= 11 is 6.41. The Morgan fingerprint density at radius 1 is 1.30 bits per heavy atom. The fourth-order valence-electron chi connectivity index (χ4n) is 2.19. The molecule has 6 heteroatoms. The Balaban J connectivity index is 2.41. The van der Waals surface area contributed by atoms with Gasteiger partial charge in [-0.05, 0) is 35.4 Å². The highest BCUT2D eigenvalue weighted by atomic mass is 127. The standard InChI is InChI=1S/C14H22IN3S2/c1-5-16-13-10(15)11(8(2)3)17-14(18-13)12-9(4)19-6-7-20-12/h8-9,12H,5-7H2,1-4H3,(H,16,17,18). The summed E-state index contributed by atoms with van der Waals surface area (Å²) in [7, 11) is 0. The number of aromatic nitrogens is 2. The number of nitrogens with one attached hydrogen (secondary N) is 1. The molecule has 0 bridgehead atoms. The first-order chi connectivity index (χ1) is 9.54. The van der Waals surface area contributed by atoms with Gasteiger partial charge >= 0.3 is 0 Å². The van der Waals surface area contributed by atoms with Crippen LogP contribution in [0.4, 0.5) is 5.82 Å². The maximum absolute atomic E-state index is 4.90. The molecule has 0 aromatic carbocycles. The Morgan fingerprint density at radius 3 is 2.60 bits per heavy atom. The third-order valence-electron chi connectivity index (χ3n) is 3.23. The summed E-state index contributed by atoms with van der Waals surface area (Å²) < 4.78 is 1.17. The first-order valence-electron chi connectivity index (χ1n) is 7.09. The van der Waals surface area contributed by atoms with Gasteiger partial charge in [0.2, 0.25) is 0 Å². The molecular weight excluding hydrogens is 401 g/mol. The van der Waals surface area contributed by atoms with E-state index in [1.807, 2.05) is 23.5 Å². The molecule has 2 atom stereocenters. The molecule has 20 heavy (non-hydrogen) atoms. The molecule has 1 aromatic heterocycles. The number of hydrogen-bond donors (Lipinski definition) is 1. The molecule has 1 aliphatic heterocycles. The average molecular weight is 423 g/mol. The fraction of sp³-hybridized carbons (Fsp3) is 0.714. The summed E-state index contributed by atoms with van der Waals surface area (Å²) in [6, 6.07) is 0. The van der Waals surface area contributed by atoms with Gasteiger partial charge in [0.05, 0.1) is 14.5 Å². The van der Waals surface area contributed by atoms with Crippen LogP contribution in [0.3, 0.4) is 0 Å². The van der Waals surface area contributed by atoms with Crippen LogP contribution in [0.5, 0.6) is 0 Å². The van der Waals surface area contributed by atoms with Crippen molar-refractivity contribution in [2.24, 2.45) is 0 Å². The van der Waals surface area contributed by atoms with Crippen LogP contribution in [-0.2, 0) is 0 Å². The van der Waals surface area contributed by atoms with Crippen LogP contribution in [0.15, 0.2) is 0 Å². The van der Waals surface area contributed by atoms with E-state index in [1.165, 1.54) is 20.8 Å². The Kier molecular flexibility index (Phi) is 6.28. The number of hydrogen-bond acceptors (Lipinski definition) is 5. The maximum Gasteiger partial charge on any atom is 0.145 e. The lowest BCUT2D eigenvalue weighted by atomic mass is 10.1. The predicted molar refractivity (Wildman–Crippen MR) is 100 cm³/mol.